The van der Waals surface area contributed by atoms with E-state index in [1.165, 1.54) is 11.8 Å². The quantitative estimate of drug-likeness (QED) is 0.485. The Morgan fingerprint density at radius 2 is 2.04 bits per heavy atom. The smallest absolute Gasteiger partial charge is 0.253 e. The average Bonchev–Trinajstić information content (AvgIpc) is 2.97. The summed E-state index contributed by atoms with van der Waals surface area (Å²) >= 11 is 3.67. The minimum absolute atomic E-state index is 0.0725. The molecule has 0 saturated heterocycles. The van der Waals surface area contributed by atoms with E-state index in [0.717, 1.165) is 26.2 Å². The monoisotopic (exact) mass is 453 g/mol. The molecule has 2 heterocycles. The molecule has 0 saturated carbocycles. The highest BCUT2D eigenvalue weighted by molar-refractivity contribution is 14.1. The van der Waals surface area contributed by atoms with Gasteiger partial charge in [0.2, 0.25) is 11.1 Å². The Balaban J connectivity index is 1.89. The van der Waals surface area contributed by atoms with Crippen LogP contribution >= 0.6 is 34.4 Å². The van der Waals surface area contributed by atoms with Crippen molar-refractivity contribution in [1.29, 1.82) is 0 Å². The van der Waals surface area contributed by atoms with E-state index in [1.54, 1.807) is 4.52 Å². The number of thioether (sulfide) groups is 1. The number of nitrogens with zero attached hydrogens (tertiary/aromatic N) is 4. The standard InChI is InChI=1S/C16H16IN5OS/c1-9-11(8-14(23)19-13-7-5-4-6-12(13)17)10(2)22-15(18-9)20-16(21-22)24-3/h4-7H,8H2,1-3H3,(H,19,23). The van der Waals surface area contributed by atoms with Crippen molar-refractivity contribution in [2.45, 2.75) is 25.4 Å². The summed E-state index contributed by atoms with van der Waals surface area (Å²) in [4.78, 5) is 21.3. The van der Waals surface area contributed by atoms with E-state index in [9.17, 15) is 4.79 Å². The van der Waals surface area contributed by atoms with Crippen LogP contribution in [0.15, 0.2) is 29.4 Å². The third-order valence-electron chi connectivity index (χ3n) is 3.70. The number of aromatic nitrogens is 4. The van der Waals surface area contributed by atoms with Crippen molar-refractivity contribution >= 4 is 51.7 Å². The molecule has 0 aliphatic rings. The number of para-hydroxylation sites is 1. The number of rotatable bonds is 4. The van der Waals surface area contributed by atoms with E-state index >= 15 is 0 Å². The van der Waals surface area contributed by atoms with Crippen LogP contribution in [0.3, 0.4) is 0 Å². The highest BCUT2D eigenvalue weighted by Gasteiger charge is 2.16. The van der Waals surface area contributed by atoms with Crippen molar-refractivity contribution in [1.82, 2.24) is 19.6 Å². The lowest BCUT2D eigenvalue weighted by Gasteiger charge is -2.11. The van der Waals surface area contributed by atoms with Crippen LogP contribution in [0, 0.1) is 17.4 Å². The Morgan fingerprint density at radius 3 is 2.75 bits per heavy atom. The molecule has 0 aliphatic heterocycles. The van der Waals surface area contributed by atoms with Gasteiger partial charge >= 0.3 is 0 Å². The van der Waals surface area contributed by atoms with Crippen LogP contribution in [-0.4, -0.2) is 31.7 Å². The maximum atomic E-state index is 12.4. The lowest BCUT2D eigenvalue weighted by atomic mass is 10.1. The van der Waals surface area contributed by atoms with E-state index in [-0.39, 0.29) is 12.3 Å². The molecule has 0 spiro atoms. The number of aryl methyl sites for hydroxylation is 2. The van der Waals surface area contributed by atoms with Crippen LogP contribution in [0.1, 0.15) is 17.0 Å². The third-order valence-corrected chi connectivity index (χ3v) is 5.18. The Morgan fingerprint density at radius 1 is 1.29 bits per heavy atom. The maximum Gasteiger partial charge on any atom is 0.253 e. The fourth-order valence-corrected chi connectivity index (χ4v) is 3.31. The lowest BCUT2D eigenvalue weighted by Crippen LogP contribution is -2.18. The van der Waals surface area contributed by atoms with E-state index in [0.29, 0.717) is 10.9 Å². The molecule has 2 aromatic heterocycles. The molecule has 3 rings (SSSR count). The van der Waals surface area contributed by atoms with Gasteiger partial charge in [0.05, 0.1) is 12.1 Å². The zero-order chi connectivity index (χ0) is 17.3. The summed E-state index contributed by atoms with van der Waals surface area (Å²) in [6, 6.07) is 7.70. The highest BCUT2D eigenvalue weighted by atomic mass is 127. The molecule has 0 fully saturated rings. The maximum absolute atomic E-state index is 12.4. The Hall–Kier alpha value is -1.68. The number of hydrogen-bond donors (Lipinski definition) is 1. The average molecular weight is 453 g/mol. The molecular formula is C16H16IN5OS. The first-order valence-corrected chi connectivity index (χ1v) is 9.61. The molecule has 6 nitrogen and oxygen atoms in total. The first-order chi connectivity index (χ1) is 11.5. The summed E-state index contributed by atoms with van der Waals surface area (Å²) < 4.78 is 2.71. The molecule has 1 aromatic carbocycles. The van der Waals surface area contributed by atoms with Crippen LogP contribution in [0.2, 0.25) is 0 Å². The zero-order valence-corrected chi connectivity index (χ0v) is 16.5. The molecule has 0 bridgehead atoms. The van der Waals surface area contributed by atoms with Crippen molar-refractivity contribution in [2.75, 3.05) is 11.6 Å². The first kappa shape index (κ1) is 17.2. The molecule has 0 aliphatic carbocycles. The number of hydrogen-bond acceptors (Lipinski definition) is 5. The number of halogens is 1. The van der Waals surface area contributed by atoms with Gasteiger partial charge in [-0.25, -0.2) is 9.50 Å². The second-order valence-electron chi connectivity index (χ2n) is 5.28. The second kappa shape index (κ2) is 7.06. The summed E-state index contributed by atoms with van der Waals surface area (Å²) in [6.45, 7) is 3.84. The van der Waals surface area contributed by atoms with Gasteiger partial charge in [-0.3, -0.25) is 4.79 Å². The normalized spacial score (nSPS) is 11.0. The fraction of sp³-hybridized carbons (Fsp3) is 0.250. The highest BCUT2D eigenvalue weighted by Crippen LogP contribution is 2.20. The second-order valence-corrected chi connectivity index (χ2v) is 7.21. The number of fused-ring (bicyclic) bond motifs is 1. The number of benzene rings is 1. The number of carbonyl (C=O) groups is 1. The largest absolute Gasteiger partial charge is 0.325 e. The topological polar surface area (TPSA) is 72.2 Å². The van der Waals surface area contributed by atoms with Crippen molar-refractivity contribution in [2.24, 2.45) is 0 Å². The predicted octanol–water partition coefficient (Wildman–Crippen LogP) is 3.25. The Labute approximate surface area is 157 Å². The first-order valence-electron chi connectivity index (χ1n) is 7.31. The van der Waals surface area contributed by atoms with E-state index in [4.69, 9.17) is 0 Å². The van der Waals surface area contributed by atoms with E-state index < -0.39 is 0 Å². The van der Waals surface area contributed by atoms with Crippen LogP contribution in [0.5, 0.6) is 0 Å². The van der Waals surface area contributed by atoms with E-state index in [1.807, 2.05) is 44.4 Å². The summed E-state index contributed by atoms with van der Waals surface area (Å²) in [7, 11) is 0. The molecule has 3 aromatic rings. The molecular weight excluding hydrogens is 437 g/mol. The van der Waals surface area contributed by atoms with Gasteiger partial charge < -0.3 is 5.32 Å². The Bertz CT molecular complexity index is 924. The van der Waals surface area contributed by atoms with Gasteiger partial charge in [0.1, 0.15) is 0 Å². The molecule has 0 radical (unpaired) electrons. The summed E-state index contributed by atoms with van der Waals surface area (Å²) in [5, 5.41) is 8.04. The molecule has 0 atom stereocenters. The van der Waals surface area contributed by atoms with Crippen molar-refractivity contribution in [3.8, 4) is 0 Å². The van der Waals surface area contributed by atoms with Crippen LogP contribution in [0.25, 0.3) is 5.78 Å². The number of nitrogens with one attached hydrogen (secondary N) is 1. The molecule has 1 N–H and O–H groups in total. The number of amides is 1. The molecule has 24 heavy (non-hydrogen) atoms. The minimum atomic E-state index is -0.0725. The van der Waals surface area contributed by atoms with Gasteiger partial charge in [-0.2, -0.15) is 4.98 Å². The zero-order valence-electron chi connectivity index (χ0n) is 13.5. The van der Waals surface area contributed by atoms with Gasteiger partial charge in [0, 0.05) is 20.5 Å². The van der Waals surface area contributed by atoms with Gasteiger partial charge in [-0.05, 0) is 54.8 Å². The molecule has 8 heteroatoms. The Kier molecular flexibility index (Phi) is 5.04. The van der Waals surface area contributed by atoms with Crippen LogP contribution in [0.4, 0.5) is 5.69 Å². The summed E-state index contributed by atoms with van der Waals surface area (Å²) in [5.74, 6) is 0.493. The van der Waals surface area contributed by atoms with E-state index in [2.05, 4.69) is 43.0 Å². The molecule has 0 unspecified atom stereocenters. The van der Waals surface area contributed by atoms with Crippen molar-refractivity contribution < 1.29 is 4.79 Å². The summed E-state index contributed by atoms with van der Waals surface area (Å²) in [5.41, 5.74) is 3.39. The van der Waals surface area contributed by atoms with Gasteiger partial charge in [-0.15, -0.1) is 5.10 Å². The van der Waals surface area contributed by atoms with Crippen LogP contribution in [-0.2, 0) is 11.2 Å². The van der Waals surface area contributed by atoms with Crippen LogP contribution < -0.4 is 5.32 Å². The lowest BCUT2D eigenvalue weighted by molar-refractivity contribution is -0.115. The fourth-order valence-electron chi connectivity index (χ4n) is 2.45. The third kappa shape index (κ3) is 3.39. The van der Waals surface area contributed by atoms with Gasteiger partial charge in [0.15, 0.2) is 0 Å². The van der Waals surface area contributed by atoms with Gasteiger partial charge in [-0.1, -0.05) is 23.9 Å². The van der Waals surface area contributed by atoms with Crippen molar-refractivity contribution in [3.63, 3.8) is 0 Å². The van der Waals surface area contributed by atoms with Gasteiger partial charge in [0.25, 0.3) is 5.78 Å². The summed E-state index contributed by atoms with van der Waals surface area (Å²) in [6.07, 6.45) is 2.17. The number of anilines is 1. The minimum Gasteiger partial charge on any atom is -0.325 e. The number of carbonyl (C=O) groups excluding carboxylic acids is 1. The molecule has 1 amide bonds. The predicted molar refractivity (Wildman–Crippen MR) is 104 cm³/mol. The SMILES string of the molecule is CSc1nc2nc(C)c(CC(=O)Nc3ccccc3I)c(C)n2n1. The van der Waals surface area contributed by atoms with Crippen molar-refractivity contribution in [3.05, 3.63) is 44.8 Å². The molecule has 124 valence electrons.